The molecular formula is C28H38FN3. The standard InChI is InChI=1S/C28H38FN3/c1-6-31-17-14-24(28(15-16-30-5)32-26-10-8-7-9-11-26)19-25(18-21(2)3)23-13-12-22(4)27(29)20-23/h6,12-17,19-21,25-26,31H,1,5,7-11,18H2,2-4H3/b16-15-,17-14-,24-19+,32-28?. The SMILES string of the molecule is C=CN/C=C\C(=C/C(CC(C)C)c1ccc(C)c(F)c1)C(/C=C\N=C)=NC1CCCCC1. The molecule has 1 atom stereocenters. The number of hydrogen-bond donors (Lipinski definition) is 1. The van der Waals surface area contributed by atoms with Gasteiger partial charge in [-0.25, -0.2) is 4.39 Å². The third-order valence-electron chi connectivity index (χ3n) is 5.74. The van der Waals surface area contributed by atoms with Crippen LogP contribution in [-0.2, 0) is 0 Å². The maximum atomic E-state index is 14.4. The van der Waals surface area contributed by atoms with Gasteiger partial charge in [-0.2, -0.15) is 0 Å². The highest BCUT2D eigenvalue weighted by atomic mass is 19.1. The predicted molar refractivity (Wildman–Crippen MR) is 137 cm³/mol. The van der Waals surface area contributed by atoms with Crippen LogP contribution in [0.4, 0.5) is 4.39 Å². The largest absolute Gasteiger partial charge is 0.368 e. The lowest BCUT2D eigenvalue weighted by atomic mass is 9.87. The first-order valence-corrected chi connectivity index (χ1v) is 11.7. The Labute approximate surface area is 193 Å². The first-order chi connectivity index (χ1) is 15.4. The zero-order valence-corrected chi connectivity index (χ0v) is 19.9. The first-order valence-electron chi connectivity index (χ1n) is 11.7. The maximum Gasteiger partial charge on any atom is 0.126 e. The van der Waals surface area contributed by atoms with E-state index in [1.807, 2.05) is 30.5 Å². The molecule has 1 fully saturated rings. The number of nitrogens with zero attached hydrogens (tertiary/aromatic N) is 2. The van der Waals surface area contributed by atoms with Gasteiger partial charge in [0.05, 0.1) is 11.8 Å². The average Bonchev–Trinajstić information content (AvgIpc) is 2.77. The van der Waals surface area contributed by atoms with E-state index in [1.165, 1.54) is 19.3 Å². The van der Waals surface area contributed by atoms with Crippen LogP contribution >= 0.6 is 0 Å². The van der Waals surface area contributed by atoms with Crippen LogP contribution in [0.15, 0.2) is 77.2 Å². The summed E-state index contributed by atoms with van der Waals surface area (Å²) < 4.78 is 14.4. The first kappa shape index (κ1) is 25.5. The van der Waals surface area contributed by atoms with Gasteiger partial charge in [0.15, 0.2) is 0 Å². The molecule has 0 bridgehead atoms. The van der Waals surface area contributed by atoms with Gasteiger partial charge in [-0.1, -0.05) is 57.9 Å². The van der Waals surface area contributed by atoms with E-state index in [1.54, 1.807) is 25.4 Å². The summed E-state index contributed by atoms with van der Waals surface area (Å²) in [5.74, 6) is 0.360. The molecule has 0 aromatic heterocycles. The van der Waals surface area contributed by atoms with Crippen molar-refractivity contribution in [3.63, 3.8) is 0 Å². The van der Waals surface area contributed by atoms with E-state index in [4.69, 9.17) is 4.99 Å². The van der Waals surface area contributed by atoms with Crippen LogP contribution in [0, 0.1) is 18.7 Å². The van der Waals surface area contributed by atoms with Gasteiger partial charge in [-0.15, -0.1) is 0 Å². The molecule has 0 radical (unpaired) electrons. The molecule has 32 heavy (non-hydrogen) atoms. The molecule has 1 aromatic rings. The molecule has 0 heterocycles. The maximum absolute atomic E-state index is 14.4. The minimum atomic E-state index is -0.165. The highest BCUT2D eigenvalue weighted by molar-refractivity contribution is 6.10. The smallest absolute Gasteiger partial charge is 0.126 e. The number of aryl methyl sites for hydroxylation is 1. The lowest BCUT2D eigenvalue weighted by Gasteiger charge is -2.21. The molecule has 1 saturated carbocycles. The van der Waals surface area contributed by atoms with Gasteiger partial charge in [-0.3, -0.25) is 9.98 Å². The Bertz CT molecular complexity index is 871. The minimum Gasteiger partial charge on any atom is -0.368 e. The second-order valence-electron chi connectivity index (χ2n) is 8.88. The molecule has 1 N–H and O–H groups in total. The summed E-state index contributed by atoms with van der Waals surface area (Å²) in [6.07, 6.45) is 18.2. The van der Waals surface area contributed by atoms with Crippen molar-refractivity contribution in [1.82, 2.24) is 5.32 Å². The zero-order chi connectivity index (χ0) is 23.3. The minimum absolute atomic E-state index is 0.0649. The third kappa shape index (κ3) is 8.41. The van der Waals surface area contributed by atoms with Crippen molar-refractivity contribution in [1.29, 1.82) is 0 Å². The Morgan fingerprint density at radius 2 is 1.97 bits per heavy atom. The van der Waals surface area contributed by atoms with E-state index in [0.29, 0.717) is 17.5 Å². The summed E-state index contributed by atoms with van der Waals surface area (Å²) in [6.45, 7) is 13.5. The fourth-order valence-corrected chi connectivity index (χ4v) is 4.04. The summed E-state index contributed by atoms with van der Waals surface area (Å²) in [4.78, 5) is 9.01. The highest BCUT2D eigenvalue weighted by Crippen LogP contribution is 2.29. The van der Waals surface area contributed by atoms with Crippen molar-refractivity contribution in [3.8, 4) is 0 Å². The molecule has 0 aliphatic heterocycles. The van der Waals surface area contributed by atoms with E-state index < -0.39 is 0 Å². The lowest BCUT2D eigenvalue weighted by Crippen LogP contribution is -2.14. The summed E-state index contributed by atoms with van der Waals surface area (Å²) in [5, 5.41) is 3.03. The molecule has 0 amide bonds. The zero-order valence-electron chi connectivity index (χ0n) is 19.9. The molecule has 2 rings (SSSR count). The predicted octanol–water partition coefficient (Wildman–Crippen LogP) is 7.43. The molecule has 0 saturated heterocycles. The Balaban J connectivity index is 2.55. The number of halogens is 1. The fraction of sp³-hybridized carbons (Fsp3) is 0.429. The van der Waals surface area contributed by atoms with E-state index in [9.17, 15) is 4.39 Å². The second kappa shape index (κ2) is 13.6. The number of rotatable bonds is 11. The highest BCUT2D eigenvalue weighted by Gasteiger charge is 2.17. The van der Waals surface area contributed by atoms with Gasteiger partial charge in [0.25, 0.3) is 0 Å². The van der Waals surface area contributed by atoms with Crippen molar-refractivity contribution in [2.24, 2.45) is 15.9 Å². The van der Waals surface area contributed by atoms with E-state index in [2.05, 4.69) is 43.5 Å². The molecule has 1 aliphatic carbocycles. The Morgan fingerprint density at radius 3 is 2.59 bits per heavy atom. The van der Waals surface area contributed by atoms with E-state index >= 15 is 0 Å². The average molecular weight is 436 g/mol. The van der Waals surface area contributed by atoms with Gasteiger partial charge < -0.3 is 5.32 Å². The van der Waals surface area contributed by atoms with Gasteiger partial charge in [0.1, 0.15) is 5.82 Å². The van der Waals surface area contributed by atoms with Crippen LogP contribution in [0.2, 0.25) is 0 Å². The normalized spacial score (nSPS) is 17.3. The molecule has 1 aromatic carbocycles. The molecular weight excluding hydrogens is 397 g/mol. The molecule has 3 nitrogen and oxygen atoms in total. The molecule has 1 unspecified atom stereocenters. The van der Waals surface area contributed by atoms with Crippen molar-refractivity contribution in [2.75, 3.05) is 0 Å². The topological polar surface area (TPSA) is 36.8 Å². The summed E-state index contributed by atoms with van der Waals surface area (Å²) in [5.41, 5.74) is 3.51. The van der Waals surface area contributed by atoms with Gasteiger partial charge >= 0.3 is 0 Å². The van der Waals surface area contributed by atoms with Crippen molar-refractivity contribution in [2.45, 2.75) is 71.3 Å². The third-order valence-corrected chi connectivity index (χ3v) is 5.74. The number of benzene rings is 1. The Kier molecular flexibility index (Phi) is 10.9. The van der Waals surface area contributed by atoms with Crippen LogP contribution < -0.4 is 5.32 Å². The Morgan fingerprint density at radius 1 is 1.22 bits per heavy atom. The van der Waals surface area contributed by atoms with Gasteiger partial charge in [0, 0.05) is 18.3 Å². The lowest BCUT2D eigenvalue weighted by molar-refractivity contribution is 0.444. The van der Waals surface area contributed by atoms with Gasteiger partial charge in [-0.05, 0) is 79.9 Å². The fourth-order valence-electron chi connectivity index (χ4n) is 4.04. The number of hydrogen-bond acceptors (Lipinski definition) is 3. The summed E-state index contributed by atoms with van der Waals surface area (Å²) in [7, 11) is 0. The second-order valence-corrected chi connectivity index (χ2v) is 8.88. The van der Waals surface area contributed by atoms with Crippen LogP contribution in [0.1, 0.15) is 69.4 Å². The van der Waals surface area contributed by atoms with Gasteiger partial charge in [0.2, 0.25) is 0 Å². The monoisotopic (exact) mass is 435 g/mol. The van der Waals surface area contributed by atoms with Crippen LogP contribution in [0.5, 0.6) is 0 Å². The molecule has 172 valence electrons. The summed E-state index contributed by atoms with van der Waals surface area (Å²) in [6, 6.07) is 5.88. The van der Waals surface area contributed by atoms with Crippen LogP contribution in [0.3, 0.4) is 0 Å². The van der Waals surface area contributed by atoms with E-state index in [0.717, 1.165) is 36.1 Å². The van der Waals surface area contributed by atoms with E-state index in [-0.39, 0.29) is 11.7 Å². The molecule has 1 aliphatic rings. The quantitative estimate of drug-likeness (QED) is 0.285. The molecule has 0 spiro atoms. The van der Waals surface area contributed by atoms with Crippen molar-refractivity contribution in [3.05, 3.63) is 84.1 Å². The van der Waals surface area contributed by atoms with Crippen LogP contribution in [-0.4, -0.2) is 18.5 Å². The number of allylic oxidation sites excluding steroid dienone is 4. The van der Waals surface area contributed by atoms with Crippen LogP contribution in [0.25, 0.3) is 0 Å². The molecule has 4 heteroatoms. The Hall–Kier alpha value is -2.75. The van der Waals surface area contributed by atoms with Crippen molar-refractivity contribution < 1.29 is 4.39 Å². The number of aliphatic imine (C=N–C) groups is 2. The van der Waals surface area contributed by atoms with Crippen molar-refractivity contribution >= 4 is 12.4 Å². The summed E-state index contributed by atoms with van der Waals surface area (Å²) >= 11 is 0. The number of nitrogens with one attached hydrogen (secondary N) is 1.